The summed E-state index contributed by atoms with van der Waals surface area (Å²) in [5.74, 6) is -0.0119. The Balaban J connectivity index is 1.99. The number of fused-ring (bicyclic) bond motifs is 1. The molecule has 0 saturated carbocycles. The van der Waals surface area contributed by atoms with Gasteiger partial charge in [0, 0.05) is 12.7 Å². The normalized spacial score (nSPS) is 16.7. The highest BCUT2D eigenvalue weighted by Gasteiger charge is 2.35. The molecule has 1 aliphatic rings. The molecule has 2 aromatic rings. The molecule has 1 aromatic heterocycles. The van der Waals surface area contributed by atoms with Crippen molar-refractivity contribution in [3.8, 4) is 5.75 Å². The van der Waals surface area contributed by atoms with E-state index in [1.165, 1.54) is 0 Å². The molecular weight excluding hydrogens is 332 g/mol. The van der Waals surface area contributed by atoms with Crippen molar-refractivity contribution >= 4 is 17.5 Å². The maximum absolute atomic E-state index is 13.2. The Kier molecular flexibility index (Phi) is 4.48. The number of nitrogens with one attached hydrogen (secondary N) is 1. The van der Waals surface area contributed by atoms with Crippen LogP contribution < -0.4 is 15.0 Å². The number of anilines is 1. The Morgan fingerprint density at radius 3 is 2.58 bits per heavy atom. The molecule has 0 radical (unpaired) electrons. The third-order valence-corrected chi connectivity index (χ3v) is 4.30. The summed E-state index contributed by atoms with van der Waals surface area (Å²) in [5.41, 5.74) is 1.67. The highest BCUT2D eigenvalue weighted by atomic mass is 16.5. The first kappa shape index (κ1) is 18.0. The summed E-state index contributed by atoms with van der Waals surface area (Å²) in [6.45, 7) is 8.17. The lowest BCUT2D eigenvalue weighted by atomic mass is 10.1. The van der Waals surface area contributed by atoms with Crippen LogP contribution >= 0.6 is 0 Å². The van der Waals surface area contributed by atoms with Crippen LogP contribution in [0.4, 0.5) is 5.69 Å². The lowest BCUT2D eigenvalue weighted by Crippen LogP contribution is -2.50. The third kappa shape index (κ3) is 3.16. The molecule has 0 aliphatic carbocycles. The first-order chi connectivity index (χ1) is 12.2. The number of nitrogens with zero attached hydrogens (tertiary/aromatic N) is 3. The van der Waals surface area contributed by atoms with E-state index < -0.39 is 6.10 Å². The lowest BCUT2D eigenvalue weighted by Gasteiger charge is -2.33. The molecule has 7 nitrogen and oxygen atoms in total. The van der Waals surface area contributed by atoms with Gasteiger partial charge in [0.2, 0.25) is 0 Å². The minimum Gasteiger partial charge on any atom is -0.477 e. The first-order valence-corrected chi connectivity index (χ1v) is 8.58. The van der Waals surface area contributed by atoms with Gasteiger partial charge in [-0.2, -0.15) is 5.10 Å². The standard InChI is InChI=1S/C19H24N4O3/c1-12-10-13(21-23(12)19(2,3)4)18(25)22-11-16(17(24)20-5)26-15-9-7-6-8-14(15)22/h6-10,16H,11H2,1-5H3,(H,20,24)/t16-/m1/s1. The van der Waals surface area contributed by atoms with Crippen LogP contribution in [0, 0.1) is 6.92 Å². The first-order valence-electron chi connectivity index (χ1n) is 8.58. The molecule has 7 heteroatoms. The van der Waals surface area contributed by atoms with Crippen LogP contribution in [0.1, 0.15) is 37.0 Å². The van der Waals surface area contributed by atoms with Gasteiger partial charge in [-0.25, -0.2) is 0 Å². The van der Waals surface area contributed by atoms with Gasteiger partial charge in [-0.15, -0.1) is 0 Å². The van der Waals surface area contributed by atoms with E-state index in [1.54, 1.807) is 30.1 Å². The number of hydrogen-bond donors (Lipinski definition) is 1. The molecule has 3 rings (SSSR count). The van der Waals surface area contributed by atoms with Crippen LogP contribution in [0.25, 0.3) is 0 Å². The van der Waals surface area contributed by atoms with Gasteiger partial charge in [-0.1, -0.05) is 12.1 Å². The van der Waals surface area contributed by atoms with Gasteiger partial charge in [-0.3, -0.25) is 19.2 Å². The molecule has 2 heterocycles. The highest BCUT2D eigenvalue weighted by molar-refractivity contribution is 6.06. The summed E-state index contributed by atoms with van der Waals surface area (Å²) in [6.07, 6.45) is -0.760. The van der Waals surface area contributed by atoms with Crippen molar-refractivity contribution in [2.24, 2.45) is 0 Å². The number of para-hydroxylation sites is 2. The summed E-state index contributed by atoms with van der Waals surface area (Å²) < 4.78 is 7.59. The number of aryl methyl sites for hydroxylation is 1. The fourth-order valence-corrected chi connectivity index (χ4v) is 3.12. The largest absolute Gasteiger partial charge is 0.477 e. The SMILES string of the molecule is CNC(=O)[C@H]1CN(C(=O)c2cc(C)n(C(C)(C)C)n2)c2ccccc2O1. The number of likely N-dealkylation sites (N-methyl/N-ethyl adjacent to an activating group) is 1. The topological polar surface area (TPSA) is 76.5 Å². The second-order valence-electron chi connectivity index (χ2n) is 7.36. The van der Waals surface area contributed by atoms with Gasteiger partial charge in [0.25, 0.3) is 11.8 Å². The predicted molar refractivity (Wildman–Crippen MR) is 98.6 cm³/mol. The van der Waals surface area contributed by atoms with Gasteiger partial charge >= 0.3 is 0 Å². The van der Waals surface area contributed by atoms with Crippen molar-refractivity contribution in [3.63, 3.8) is 0 Å². The second-order valence-corrected chi connectivity index (χ2v) is 7.36. The average molecular weight is 356 g/mol. The Labute approximate surface area is 152 Å². The van der Waals surface area contributed by atoms with E-state index in [0.29, 0.717) is 17.1 Å². The zero-order valence-electron chi connectivity index (χ0n) is 15.7. The maximum atomic E-state index is 13.2. The summed E-state index contributed by atoms with van der Waals surface area (Å²) in [6, 6.07) is 8.99. The number of hydrogen-bond acceptors (Lipinski definition) is 4. The van der Waals surface area contributed by atoms with Gasteiger partial charge < -0.3 is 10.1 Å². The summed E-state index contributed by atoms with van der Waals surface area (Å²) in [4.78, 5) is 26.8. The van der Waals surface area contributed by atoms with Crippen LogP contribution in [-0.4, -0.2) is 41.3 Å². The van der Waals surface area contributed by atoms with E-state index in [2.05, 4.69) is 10.4 Å². The van der Waals surface area contributed by atoms with E-state index in [9.17, 15) is 9.59 Å². The minimum atomic E-state index is -0.760. The minimum absolute atomic E-state index is 0.136. The zero-order chi connectivity index (χ0) is 19.1. The van der Waals surface area contributed by atoms with Gasteiger partial charge in [0.05, 0.1) is 17.8 Å². The van der Waals surface area contributed by atoms with Crippen LogP contribution in [-0.2, 0) is 10.3 Å². The maximum Gasteiger partial charge on any atom is 0.279 e. The van der Waals surface area contributed by atoms with Gasteiger partial charge in [0.15, 0.2) is 11.8 Å². The third-order valence-electron chi connectivity index (χ3n) is 4.30. The number of amides is 2. The summed E-state index contributed by atoms with van der Waals surface area (Å²) in [5, 5.41) is 7.08. The molecule has 0 unspecified atom stereocenters. The smallest absolute Gasteiger partial charge is 0.279 e. The lowest BCUT2D eigenvalue weighted by molar-refractivity contribution is -0.127. The molecule has 0 saturated heterocycles. The Hall–Kier alpha value is -2.83. The fourth-order valence-electron chi connectivity index (χ4n) is 3.12. The number of aromatic nitrogens is 2. The van der Waals surface area contributed by atoms with Crippen LogP contribution in [0.3, 0.4) is 0 Å². The summed E-state index contributed by atoms with van der Waals surface area (Å²) >= 11 is 0. The molecule has 0 spiro atoms. The second kappa shape index (κ2) is 6.48. The Morgan fingerprint density at radius 2 is 1.96 bits per heavy atom. The fraction of sp³-hybridized carbons (Fsp3) is 0.421. The molecule has 1 aliphatic heterocycles. The van der Waals surface area contributed by atoms with Crippen molar-refractivity contribution in [1.29, 1.82) is 0 Å². The van der Waals surface area contributed by atoms with Crippen LogP contribution in [0.2, 0.25) is 0 Å². The molecular formula is C19H24N4O3. The predicted octanol–water partition coefficient (Wildman–Crippen LogP) is 2.10. The van der Waals surface area contributed by atoms with Gasteiger partial charge in [-0.05, 0) is 45.9 Å². The number of carbonyl (C=O) groups excluding carboxylic acids is 2. The molecule has 2 amide bonds. The van der Waals surface area contributed by atoms with Crippen LogP contribution in [0.15, 0.2) is 30.3 Å². The van der Waals surface area contributed by atoms with E-state index in [1.807, 2.05) is 44.5 Å². The average Bonchev–Trinajstić information content (AvgIpc) is 3.01. The van der Waals surface area contributed by atoms with E-state index in [-0.39, 0.29) is 23.9 Å². The van der Waals surface area contributed by atoms with Crippen LogP contribution in [0.5, 0.6) is 5.75 Å². The Morgan fingerprint density at radius 1 is 1.27 bits per heavy atom. The number of ether oxygens (including phenoxy) is 1. The van der Waals surface area contributed by atoms with Gasteiger partial charge in [0.1, 0.15) is 5.75 Å². The van der Waals surface area contributed by atoms with E-state index in [4.69, 9.17) is 4.74 Å². The molecule has 1 aromatic carbocycles. The number of rotatable bonds is 2. The monoisotopic (exact) mass is 356 g/mol. The molecule has 0 fully saturated rings. The van der Waals surface area contributed by atoms with Crippen molar-refractivity contribution in [3.05, 3.63) is 41.7 Å². The van der Waals surface area contributed by atoms with Crippen molar-refractivity contribution in [1.82, 2.24) is 15.1 Å². The number of carbonyl (C=O) groups is 2. The molecule has 0 bridgehead atoms. The van der Waals surface area contributed by atoms with Crippen molar-refractivity contribution in [2.45, 2.75) is 39.3 Å². The van der Waals surface area contributed by atoms with E-state index in [0.717, 1.165) is 5.69 Å². The quantitative estimate of drug-likeness (QED) is 0.894. The van der Waals surface area contributed by atoms with Crippen molar-refractivity contribution in [2.75, 3.05) is 18.5 Å². The molecule has 138 valence electrons. The van der Waals surface area contributed by atoms with E-state index >= 15 is 0 Å². The van der Waals surface area contributed by atoms with Crippen molar-refractivity contribution < 1.29 is 14.3 Å². The molecule has 1 atom stereocenters. The number of benzene rings is 1. The Bertz CT molecular complexity index is 851. The molecule has 1 N–H and O–H groups in total. The zero-order valence-corrected chi connectivity index (χ0v) is 15.7. The summed E-state index contributed by atoms with van der Waals surface area (Å²) in [7, 11) is 1.55. The highest BCUT2D eigenvalue weighted by Crippen LogP contribution is 2.34. The molecule has 26 heavy (non-hydrogen) atoms.